The number of methoxy groups -OCH3 is 2. The van der Waals surface area contributed by atoms with Gasteiger partial charge in [0.2, 0.25) is 0 Å². The number of anilines is 1. The Kier molecular flexibility index (Phi) is 6.65. The fraction of sp³-hybridized carbons (Fsp3) is 0.350. The quantitative estimate of drug-likeness (QED) is 0.729. The van der Waals surface area contributed by atoms with E-state index in [0.717, 1.165) is 23.4 Å². The van der Waals surface area contributed by atoms with Crippen molar-refractivity contribution in [3.8, 4) is 11.5 Å². The highest BCUT2D eigenvalue weighted by Gasteiger charge is 2.14. The fourth-order valence-corrected chi connectivity index (χ4v) is 3.12. The minimum absolute atomic E-state index is 0.0886. The Morgan fingerprint density at radius 3 is 2.20 bits per heavy atom. The summed E-state index contributed by atoms with van der Waals surface area (Å²) < 4.78 is 10.7. The molecule has 1 unspecified atom stereocenters. The topological polar surface area (TPSA) is 42.5 Å². The molecule has 0 saturated heterocycles. The van der Waals surface area contributed by atoms with Crippen LogP contribution in [0.25, 0.3) is 0 Å². The summed E-state index contributed by atoms with van der Waals surface area (Å²) in [6, 6.07) is 12.3. The van der Waals surface area contributed by atoms with E-state index >= 15 is 0 Å². The monoisotopic (exact) mass is 358 g/mol. The molecule has 2 aromatic carbocycles. The molecule has 0 spiro atoms. The van der Waals surface area contributed by atoms with E-state index in [4.69, 9.17) is 21.7 Å². The first-order valence-corrected chi connectivity index (χ1v) is 8.75. The Morgan fingerprint density at radius 2 is 1.64 bits per heavy atom. The molecule has 2 rings (SSSR count). The van der Waals surface area contributed by atoms with E-state index in [-0.39, 0.29) is 6.04 Å². The molecule has 0 aromatic heterocycles. The number of rotatable bonds is 6. The highest BCUT2D eigenvalue weighted by Crippen LogP contribution is 2.30. The van der Waals surface area contributed by atoms with Gasteiger partial charge >= 0.3 is 0 Å². The van der Waals surface area contributed by atoms with Gasteiger partial charge in [0, 0.05) is 5.69 Å². The molecule has 0 radical (unpaired) electrons. The van der Waals surface area contributed by atoms with Crippen molar-refractivity contribution in [2.45, 2.75) is 33.2 Å². The van der Waals surface area contributed by atoms with Gasteiger partial charge in [-0.05, 0) is 73.4 Å². The van der Waals surface area contributed by atoms with Crippen molar-refractivity contribution in [2.75, 3.05) is 19.5 Å². The summed E-state index contributed by atoms with van der Waals surface area (Å²) in [5, 5.41) is 7.26. The van der Waals surface area contributed by atoms with Crippen molar-refractivity contribution in [1.29, 1.82) is 0 Å². The number of benzene rings is 2. The SMILES string of the molecule is CCC(NC(=S)Nc1cc(C)cc(C)c1)c1ccc(OC)c(OC)c1. The first-order valence-electron chi connectivity index (χ1n) is 8.34. The molecule has 0 heterocycles. The van der Waals surface area contributed by atoms with Crippen molar-refractivity contribution >= 4 is 23.0 Å². The second kappa shape index (κ2) is 8.72. The number of ether oxygens (including phenoxy) is 2. The summed E-state index contributed by atoms with van der Waals surface area (Å²) in [5.41, 5.74) is 4.51. The molecule has 0 aliphatic carbocycles. The first-order chi connectivity index (χ1) is 12.0. The van der Waals surface area contributed by atoms with Gasteiger partial charge in [-0.2, -0.15) is 0 Å². The highest BCUT2D eigenvalue weighted by atomic mass is 32.1. The fourth-order valence-electron chi connectivity index (χ4n) is 2.86. The molecule has 0 saturated carbocycles. The molecule has 0 aliphatic heterocycles. The van der Waals surface area contributed by atoms with Crippen LogP contribution < -0.4 is 20.1 Å². The molecular formula is C20H26N2O2S. The van der Waals surface area contributed by atoms with Gasteiger partial charge in [0.15, 0.2) is 16.6 Å². The molecule has 2 aromatic rings. The van der Waals surface area contributed by atoms with Crippen LogP contribution in [0.1, 0.15) is 36.1 Å². The van der Waals surface area contributed by atoms with E-state index < -0.39 is 0 Å². The van der Waals surface area contributed by atoms with Crippen molar-refractivity contribution in [1.82, 2.24) is 5.32 Å². The van der Waals surface area contributed by atoms with E-state index in [0.29, 0.717) is 10.9 Å². The molecule has 2 N–H and O–H groups in total. The summed E-state index contributed by atoms with van der Waals surface area (Å²) in [7, 11) is 3.28. The zero-order valence-electron chi connectivity index (χ0n) is 15.5. The van der Waals surface area contributed by atoms with Gasteiger partial charge in [-0.25, -0.2) is 0 Å². The molecule has 0 bridgehead atoms. The van der Waals surface area contributed by atoms with Crippen LogP contribution in [-0.4, -0.2) is 19.3 Å². The van der Waals surface area contributed by atoms with Gasteiger partial charge in [-0.15, -0.1) is 0 Å². The average Bonchev–Trinajstić information content (AvgIpc) is 2.58. The summed E-state index contributed by atoms with van der Waals surface area (Å²) >= 11 is 5.50. The molecule has 5 heteroatoms. The van der Waals surface area contributed by atoms with Gasteiger partial charge < -0.3 is 20.1 Å². The molecular weight excluding hydrogens is 332 g/mol. The number of aryl methyl sites for hydroxylation is 2. The normalized spacial score (nSPS) is 11.6. The summed E-state index contributed by atoms with van der Waals surface area (Å²) in [4.78, 5) is 0. The lowest BCUT2D eigenvalue weighted by Gasteiger charge is -2.21. The average molecular weight is 359 g/mol. The first kappa shape index (κ1) is 19.1. The Hall–Kier alpha value is -2.27. The maximum absolute atomic E-state index is 5.50. The number of nitrogens with one attached hydrogen (secondary N) is 2. The van der Waals surface area contributed by atoms with Gasteiger partial charge in [-0.1, -0.05) is 19.1 Å². The molecule has 1 atom stereocenters. The molecule has 0 aliphatic rings. The molecule has 0 fully saturated rings. The van der Waals surface area contributed by atoms with E-state index in [1.807, 2.05) is 18.2 Å². The molecule has 25 heavy (non-hydrogen) atoms. The highest BCUT2D eigenvalue weighted by molar-refractivity contribution is 7.80. The largest absolute Gasteiger partial charge is 0.493 e. The van der Waals surface area contributed by atoms with E-state index in [9.17, 15) is 0 Å². The predicted octanol–water partition coefficient (Wildman–Crippen LogP) is 4.76. The minimum Gasteiger partial charge on any atom is -0.493 e. The Labute approximate surface area is 155 Å². The summed E-state index contributed by atoms with van der Waals surface area (Å²) in [5.74, 6) is 1.44. The van der Waals surface area contributed by atoms with Crippen molar-refractivity contribution < 1.29 is 9.47 Å². The van der Waals surface area contributed by atoms with Gasteiger partial charge in [0.25, 0.3) is 0 Å². The maximum Gasteiger partial charge on any atom is 0.171 e. The number of thiocarbonyl (C=S) groups is 1. The smallest absolute Gasteiger partial charge is 0.171 e. The predicted molar refractivity (Wildman–Crippen MR) is 108 cm³/mol. The van der Waals surface area contributed by atoms with Crippen LogP contribution in [0.15, 0.2) is 36.4 Å². The zero-order valence-corrected chi connectivity index (χ0v) is 16.3. The third-order valence-corrected chi connectivity index (χ3v) is 4.22. The van der Waals surface area contributed by atoms with Crippen LogP contribution in [0.2, 0.25) is 0 Å². The third kappa shape index (κ3) is 5.10. The second-order valence-electron chi connectivity index (χ2n) is 6.05. The lowest BCUT2D eigenvalue weighted by molar-refractivity contribution is 0.354. The van der Waals surface area contributed by atoms with E-state index in [1.54, 1.807) is 14.2 Å². The summed E-state index contributed by atoms with van der Waals surface area (Å²) in [6.07, 6.45) is 0.893. The number of hydrogen-bond donors (Lipinski definition) is 2. The van der Waals surface area contributed by atoms with Crippen molar-refractivity contribution in [3.63, 3.8) is 0 Å². The minimum atomic E-state index is 0.0886. The Balaban J connectivity index is 2.12. The van der Waals surface area contributed by atoms with Gasteiger partial charge in [0.1, 0.15) is 0 Å². The van der Waals surface area contributed by atoms with Crippen molar-refractivity contribution in [3.05, 3.63) is 53.1 Å². The van der Waals surface area contributed by atoms with Crippen molar-refractivity contribution in [2.24, 2.45) is 0 Å². The van der Waals surface area contributed by atoms with Crippen LogP contribution in [0, 0.1) is 13.8 Å². The summed E-state index contributed by atoms with van der Waals surface area (Å²) in [6.45, 7) is 6.27. The van der Waals surface area contributed by atoms with Gasteiger partial charge in [0.05, 0.1) is 20.3 Å². The number of hydrogen-bond acceptors (Lipinski definition) is 3. The lowest BCUT2D eigenvalue weighted by atomic mass is 10.0. The van der Waals surface area contributed by atoms with Crippen LogP contribution in [0.4, 0.5) is 5.69 Å². The maximum atomic E-state index is 5.50. The third-order valence-electron chi connectivity index (χ3n) is 4.00. The Morgan fingerprint density at radius 1 is 1.00 bits per heavy atom. The van der Waals surface area contributed by atoms with Crippen LogP contribution in [-0.2, 0) is 0 Å². The Bertz CT molecular complexity index is 726. The molecule has 134 valence electrons. The lowest BCUT2D eigenvalue weighted by Crippen LogP contribution is -2.32. The molecule has 0 amide bonds. The van der Waals surface area contributed by atoms with Crippen LogP contribution in [0.5, 0.6) is 11.5 Å². The second-order valence-corrected chi connectivity index (χ2v) is 6.46. The zero-order chi connectivity index (χ0) is 18.4. The van der Waals surface area contributed by atoms with E-state index in [1.165, 1.54) is 11.1 Å². The van der Waals surface area contributed by atoms with Gasteiger partial charge in [-0.3, -0.25) is 0 Å². The standard InChI is InChI=1S/C20H26N2O2S/c1-6-17(15-7-8-18(23-4)19(12-15)24-5)22-20(25)21-16-10-13(2)9-14(3)11-16/h7-12,17H,6H2,1-5H3,(H2,21,22,25). The molecule has 4 nitrogen and oxygen atoms in total. The van der Waals surface area contributed by atoms with Crippen LogP contribution >= 0.6 is 12.2 Å². The van der Waals surface area contributed by atoms with E-state index in [2.05, 4.69) is 49.6 Å². The van der Waals surface area contributed by atoms with Crippen LogP contribution in [0.3, 0.4) is 0 Å².